The number of aliphatic imine (C=N–C) groups is 1. The van der Waals surface area contributed by atoms with Gasteiger partial charge >= 0.3 is 0 Å². The molecular formula is C16H17N3. The Kier molecular flexibility index (Phi) is 2.28. The Morgan fingerprint density at radius 1 is 1.37 bits per heavy atom. The van der Waals surface area contributed by atoms with E-state index in [-0.39, 0.29) is 12.2 Å². The van der Waals surface area contributed by atoms with Crippen LogP contribution in [0.4, 0.5) is 5.69 Å². The van der Waals surface area contributed by atoms with Crippen LogP contribution in [0, 0.1) is 0 Å². The van der Waals surface area contributed by atoms with E-state index in [1.54, 1.807) is 0 Å². The fourth-order valence-corrected chi connectivity index (χ4v) is 3.28. The minimum absolute atomic E-state index is 0.231. The number of hydrogen-bond acceptors (Lipinski definition) is 3. The molecule has 1 N–H and O–H groups in total. The van der Waals surface area contributed by atoms with Crippen LogP contribution in [0.15, 0.2) is 53.2 Å². The van der Waals surface area contributed by atoms with Gasteiger partial charge in [-0.2, -0.15) is 0 Å². The molecule has 0 aromatic heterocycles. The van der Waals surface area contributed by atoms with Crippen LogP contribution in [0.3, 0.4) is 0 Å². The zero-order valence-corrected chi connectivity index (χ0v) is 11.0. The Morgan fingerprint density at radius 3 is 3.16 bits per heavy atom. The van der Waals surface area contributed by atoms with E-state index in [0.29, 0.717) is 0 Å². The van der Waals surface area contributed by atoms with Gasteiger partial charge in [0.1, 0.15) is 12.2 Å². The van der Waals surface area contributed by atoms with Gasteiger partial charge < -0.3 is 10.2 Å². The van der Waals surface area contributed by atoms with Crippen molar-refractivity contribution in [3.8, 4) is 0 Å². The lowest BCUT2D eigenvalue weighted by Gasteiger charge is -2.35. The van der Waals surface area contributed by atoms with E-state index < -0.39 is 0 Å². The Labute approximate surface area is 113 Å². The molecule has 0 spiro atoms. The van der Waals surface area contributed by atoms with Crippen LogP contribution in [0.25, 0.3) is 0 Å². The maximum Gasteiger partial charge on any atom is 0.126 e. The van der Waals surface area contributed by atoms with Crippen molar-refractivity contribution in [3.05, 3.63) is 53.8 Å². The van der Waals surface area contributed by atoms with Crippen LogP contribution >= 0.6 is 0 Å². The summed E-state index contributed by atoms with van der Waals surface area (Å²) in [5.74, 6) is 0. The van der Waals surface area contributed by atoms with E-state index in [1.807, 2.05) is 0 Å². The average Bonchev–Trinajstić information content (AvgIpc) is 2.78. The quantitative estimate of drug-likeness (QED) is 0.831. The minimum atomic E-state index is 0.231. The van der Waals surface area contributed by atoms with Gasteiger partial charge in [-0.25, -0.2) is 0 Å². The Morgan fingerprint density at radius 2 is 2.26 bits per heavy atom. The summed E-state index contributed by atoms with van der Waals surface area (Å²) in [6.07, 6.45) is 7.62. The van der Waals surface area contributed by atoms with Crippen molar-refractivity contribution in [2.45, 2.75) is 25.6 Å². The van der Waals surface area contributed by atoms with E-state index in [1.165, 1.54) is 22.7 Å². The third kappa shape index (κ3) is 1.47. The van der Waals surface area contributed by atoms with Crippen LogP contribution in [0.5, 0.6) is 0 Å². The first kappa shape index (κ1) is 10.9. The lowest BCUT2D eigenvalue weighted by atomic mass is 10.0. The fraction of sp³-hybridized carbons (Fsp3) is 0.312. The number of para-hydroxylation sites is 1. The molecule has 4 rings (SSSR count). The molecule has 0 radical (unpaired) electrons. The largest absolute Gasteiger partial charge is 0.362 e. The predicted molar refractivity (Wildman–Crippen MR) is 78.4 cm³/mol. The van der Waals surface area contributed by atoms with Gasteiger partial charge in [-0.05, 0) is 19.1 Å². The Balaban J connectivity index is 1.84. The fourth-order valence-electron chi connectivity index (χ4n) is 3.28. The van der Waals surface area contributed by atoms with Gasteiger partial charge in [0.15, 0.2) is 0 Å². The highest BCUT2D eigenvalue weighted by atomic mass is 15.3. The highest BCUT2D eigenvalue weighted by Crippen LogP contribution is 2.43. The summed E-state index contributed by atoms with van der Waals surface area (Å²) in [6.45, 7) is 3.20. The maximum absolute atomic E-state index is 5.00. The summed E-state index contributed by atoms with van der Waals surface area (Å²) in [5, 5.41) is 3.67. The first-order valence-electron chi connectivity index (χ1n) is 6.94. The maximum atomic E-state index is 5.00. The molecule has 2 heterocycles. The molecule has 2 atom stereocenters. The predicted octanol–water partition coefficient (Wildman–Crippen LogP) is 2.78. The van der Waals surface area contributed by atoms with Crippen molar-refractivity contribution < 1.29 is 0 Å². The molecule has 19 heavy (non-hydrogen) atoms. The molecule has 1 aromatic rings. The molecule has 0 fully saturated rings. The summed E-state index contributed by atoms with van der Waals surface area (Å²) >= 11 is 0. The van der Waals surface area contributed by atoms with E-state index in [2.05, 4.69) is 59.6 Å². The number of benzene rings is 1. The van der Waals surface area contributed by atoms with Crippen molar-refractivity contribution in [2.75, 3.05) is 11.4 Å². The number of fused-ring (bicyclic) bond motifs is 4. The van der Waals surface area contributed by atoms with Crippen LogP contribution in [-0.4, -0.2) is 18.4 Å². The topological polar surface area (TPSA) is 27.6 Å². The molecule has 1 aromatic carbocycles. The summed E-state index contributed by atoms with van der Waals surface area (Å²) in [5.41, 5.74) is 5.05. The molecule has 1 aliphatic carbocycles. The summed E-state index contributed by atoms with van der Waals surface area (Å²) in [4.78, 5) is 7.41. The van der Waals surface area contributed by atoms with Gasteiger partial charge in [0, 0.05) is 24.2 Å². The summed E-state index contributed by atoms with van der Waals surface area (Å²) in [7, 11) is 0. The molecule has 0 bridgehead atoms. The lowest BCUT2D eigenvalue weighted by Crippen LogP contribution is -2.48. The number of anilines is 1. The average molecular weight is 251 g/mol. The Hall–Kier alpha value is -2.03. The summed E-state index contributed by atoms with van der Waals surface area (Å²) in [6, 6.07) is 8.87. The number of likely N-dealkylation sites (N-methyl/N-ethyl adjacent to an activating group) is 1. The van der Waals surface area contributed by atoms with Crippen molar-refractivity contribution in [3.63, 3.8) is 0 Å². The standard InChI is InChI=1S/C16H17N3/c1-2-19-14-10-6-3-7-11(14)15-16(19)18-13-9-5-4-8-12(13)17-15/h3-7,9-10,15-16,18H,2,8H2,1H3. The third-order valence-corrected chi connectivity index (χ3v) is 4.16. The van der Waals surface area contributed by atoms with Gasteiger partial charge in [0.25, 0.3) is 0 Å². The van der Waals surface area contributed by atoms with Crippen molar-refractivity contribution in [1.82, 2.24) is 5.32 Å². The molecule has 0 amide bonds. The first-order valence-corrected chi connectivity index (χ1v) is 6.94. The van der Waals surface area contributed by atoms with E-state index in [0.717, 1.165) is 13.0 Å². The minimum Gasteiger partial charge on any atom is -0.362 e. The van der Waals surface area contributed by atoms with Gasteiger partial charge in [0.2, 0.25) is 0 Å². The number of hydrogen-bond donors (Lipinski definition) is 1. The van der Waals surface area contributed by atoms with Crippen LogP contribution in [0.1, 0.15) is 24.9 Å². The van der Waals surface area contributed by atoms with E-state index >= 15 is 0 Å². The van der Waals surface area contributed by atoms with Crippen LogP contribution < -0.4 is 10.2 Å². The number of nitrogens with zero attached hydrogens (tertiary/aromatic N) is 2. The van der Waals surface area contributed by atoms with Crippen molar-refractivity contribution in [2.24, 2.45) is 4.99 Å². The molecule has 3 aliphatic rings. The lowest BCUT2D eigenvalue weighted by molar-refractivity contribution is 0.478. The number of allylic oxidation sites excluding steroid dienone is 4. The molecule has 0 saturated carbocycles. The van der Waals surface area contributed by atoms with E-state index in [9.17, 15) is 0 Å². The zero-order valence-electron chi connectivity index (χ0n) is 11.0. The normalized spacial score (nSPS) is 26.9. The Bertz CT molecular complexity index is 612. The highest BCUT2D eigenvalue weighted by Gasteiger charge is 2.40. The summed E-state index contributed by atoms with van der Waals surface area (Å²) < 4.78 is 0. The SMILES string of the molecule is CCN1c2ccccc2C2N=C3CC=CC=C3NC21. The molecule has 0 saturated heterocycles. The van der Waals surface area contributed by atoms with Gasteiger partial charge in [-0.15, -0.1) is 0 Å². The van der Waals surface area contributed by atoms with Gasteiger partial charge in [-0.3, -0.25) is 4.99 Å². The molecule has 3 nitrogen and oxygen atoms in total. The second-order valence-electron chi connectivity index (χ2n) is 5.17. The van der Waals surface area contributed by atoms with Crippen molar-refractivity contribution in [1.29, 1.82) is 0 Å². The molecule has 3 heteroatoms. The van der Waals surface area contributed by atoms with Crippen LogP contribution in [-0.2, 0) is 0 Å². The highest BCUT2D eigenvalue weighted by molar-refractivity contribution is 6.03. The number of rotatable bonds is 1. The van der Waals surface area contributed by atoms with Crippen LogP contribution in [0.2, 0.25) is 0 Å². The second-order valence-corrected chi connectivity index (χ2v) is 5.17. The smallest absolute Gasteiger partial charge is 0.126 e. The third-order valence-electron chi connectivity index (χ3n) is 4.16. The van der Waals surface area contributed by atoms with Gasteiger partial charge in [0.05, 0.1) is 11.4 Å². The molecule has 2 unspecified atom stereocenters. The molecule has 2 aliphatic heterocycles. The van der Waals surface area contributed by atoms with Gasteiger partial charge in [-0.1, -0.05) is 30.4 Å². The molecular weight excluding hydrogens is 234 g/mol. The number of nitrogens with one attached hydrogen (secondary N) is 1. The molecule has 96 valence electrons. The second kappa shape index (κ2) is 3.98. The van der Waals surface area contributed by atoms with Crippen molar-refractivity contribution >= 4 is 11.4 Å². The monoisotopic (exact) mass is 251 g/mol. The zero-order chi connectivity index (χ0) is 12.8. The van der Waals surface area contributed by atoms with E-state index in [4.69, 9.17) is 4.99 Å². The first-order chi connectivity index (χ1) is 9.38.